The number of carbonyl (C=O) groups excluding carboxylic acids is 4. The lowest BCUT2D eigenvalue weighted by Crippen LogP contribution is -2.30. The summed E-state index contributed by atoms with van der Waals surface area (Å²) in [7, 11) is -9.93. The third kappa shape index (κ3) is 76.6. The van der Waals surface area contributed by atoms with Crippen LogP contribution in [0.15, 0.2) is 0 Å². The highest BCUT2D eigenvalue weighted by Crippen LogP contribution is 2.45. The average molecular weight is 1510 g/mol. The molecule has 103 heavy (non-hydrogen) atoms. The summed E-state index contributed by atoms with van der Waals surface area (Å²) in [4.78, 5) is 73.2. The molecule has 0 bridgehead atoms. The summed E-state index contributed by atoms with van der Waals surface area (Å²) < 4.78 is 68.9. The number of aliphatic hydroxyl groups excluding tert-OH is 1. The van der Waals surface area contributed by atoms with E-state index < -0.39 is 97.5 Å². The van der Waals surface area contributed by atoms with Crippen molar-refractivity contribution >= 4 is 39.5 Å². The molecular weight excluding hydrogens is 1340 g/mol. The first-order chi connectivity index (χ1) is 49.9. The molecule has 19 heteroatoms. The van der Waals surface area contributed by atoms with Gasteiger partial charge in [-0.05, 0) is 37.5 Å². The molecule has 0 fully saturated rings. The smallest absolute Gasteiger partial charge is 0.462 e. The van der Waals surface area contributed by atoms with Gasteiger partial charge < -0.3 is 33.8 Å². The average Bonchev–Trinajstić information content (AvgIpc) is 0.911. The van der Waals surface area contributed by atoms with Crippen molar-refractivity contribution in [3.8, 4) is 0 Å². The Bertz CT molecular complexity index is 1980. The van der Waals surface area contributed by atoms with Gasteiger partial charge in [-0.25, -0.2) is 9.13 Å². The maximum atomic E-state index is 13.1. The zero-order valence-corrected chi connectivity index (χ0v) is 69.4. The molecule has 0 aromatic rings. The maximum Gasteiger partial charge on any atom is 0.472 e. The van der Waals surface area contributed by atoms with Gasteiger partial charge in [0.05, 0.1) is 26.4 Å². The van der Waals surface area contributed by atoms with Gasteiger partial charge in [-0.2, -0.15) is 0 Å². The maximum absolute atomic E-state index is 13.1. The Labute approximate surface area is 632 Å². The molecule has 0 heterocycles. The van der Waals surface area contributed by atoms with E-state index in [1.165, 1.54) is 263 Å². The van der Waals surface area contributed by atoms with Crippen molar-refractivity contribution in [1.29, 1.82) is 0 Å². The molecule has 612 valence electrons. The molecule has 0 spiro atoms. The van der Waals surface area contributed by atoms with Crippen molar-refractivity contribution in [2.75, 3.05) is 39.6 Å². The highest BCUT2D eigenvalue weighted by molar-refractivity contribution is 7.47. The number of phosphoric ester groups is 2. The van der Waals surface area contributed by atoms with E-state index in [1.54, 1.807) is 0 Å². The van der Waals surface area contributed by atoms with Crippen LogP contribution in [0.3, 0.4) is 0 Å². The van der Waals surface area contributed by atoms with Gasteiger partial charge in [0.2, 0.25) is 0 Å². The summed E-state index contributed by atoms with van der Waals surface area (Å²) >= 11 is 0. The lowest BCUT2D eigenvalue weighted by molar-refractivity contribution is -0.161. The van der Waals surface area contributed by atoms with Crippen LogP contribution in [0.1, 0.15) is 446 Å². The van der Waals surface area contributed by atoms with E-state index in [4.69, 9.17) is 37.0 Å². The summed E-state index contributed by atoms with van der Waals surface area (Å²) in [5.41, 5.74) is 0. The van der Waals surface area contributed by atoms with Crippen molar-refractivity contribution in [3.63, 3.8) is 0 Å². The number of carbonyl (C=O) groups is 4. The molecule has 0 aromatic carbocycles. The molecule has 0 rings (SSSR count). The fraction of sp³-hybridized carbons (Fsp3) is 0.952. The lowest BCUT2D eigenvalue weighted by Gasteiger charge is -2.21. The first-order valence-corrected chi connectivity index (χ1v) is 46.5. The monoisotopic (exact) mass is 1510 g/mol. The molecule has 3 N–H and O–H groups in total. The van der Waals surface area contributed by atoms with Crippen molar-refractivity contribution in [3.05, 3.63) is 0 Å². The fourth-order valence-corrected chi connectivity index (χ4v) is 14.6. The molecule has 0 aliphatic heterocycles. The van der Waals surface area contributed by atoms with E-state index >= 15 is 0 Å². The number of rotatable bonds is 83. The molecule has 6 atom stereocenters. The highest BCUT2D eigenvalue weighted by Gasteiger charge is 2.30. The van der Waals surface area contributed by atoms with Crippen LogP contribution in [0.4, 0.5) is 0 Å². The normalized spacial score (nSPS) is 14.1. The van der Waals surface area contributed by atoms with Crippen LogP contribution in [0.2, 0.25) is 0 Å². The summed E-state index contributed by atoms with van der Waals surface area (Å²) in [6, 6.07) is 0. The van der Waals surface area contributed by atoms with Crippen LogP contribution in [0.5, 0.6) is 0 Å². The van der Waals surface area contributed by atoms with Gasteiger partial charge in [0.1, 0.15) is 19.3 Å². The highest BCUT2D eigenvalue weighted by atomic mass is 31.2. The van der Waals surface area contributed by atoms with Crippen LogP contribution in [0.25, 0.3) is 0 Å². The molecule has 0 aliphatic carbocycles. The second kappa shape index (κ2) is 75.5. The Hall–Kier alpha value is -1.94. The minimum Gasteiger partial charge on any atom is -0.462 e. The van der Waals surface area contributed by atoms with Crippen molar-refractivity contribution in [1.82, 2.24) is 0 Å². The van der Waals surface area contributed by atoms with Crippen LogP contribution in [-0.2, 0) is 65.4 Å². The predicted octanol–water partition coefficient (Wildman–Crippen LogP) is 25.5. The zero-order valence-electron chi connectivity index (χ0n) is 67.6. The van der Waals surface area contributed by atoms with Crippen LogP contribution >= 0.6 is 15.6 Å². The first kappa shape index (κ1) is 101. The minimum atomic E-state index is -4.96. The van der Waals surface area contributed by atoms with Crippen molar-refractivity contribution < 1.29 is 80.2 Å². The van der Waals surface area contributed by atoms with Crippen LogP contribution < -0.4 is 0 Å². The summed E-state index contributed by atoms with van der Waals surface area (Å²) in [5.74, 6) is -0.519. The lowest BCUT2D eigenvalue weighted by atomic mass is 9.99. The third-order valence-corrected chi connectivity index (χ3v) is 22.0. The van der Waals surface area contributed by atoms with Gasteiger partial charge in [-0.1, -0.05) is 395 Å². The Kier molecular flexibility index (Phi) is 74.1. The van der Waals surface area contributed by atoms with Gasteiger partial charge in [0, 0.05) is 25.7 Å². The molecule has 0 aliphatic rings. The second-order valence-electron chi connectivity index (χ2n) is 30.9. The van der Waals surface area contributed by atoms with Crippen molar-refractivity contribution in [2.24, 2.45) is 11.8 Å². The second-order valence-corrected chi connectivity index (χ2v) is 33.8. The number of phosphoric acid groups is 2. The van der Waals surface area contributed by atoms with Gasteiger partial charge in [-0.3, -0.25) is 37.3 Å². The molecule has 17 nitrogen and oxygen atoms in total. The molecular formula is C84H164O17P2. The zero-order chi connectivity index (χ0) is 75.6. The number of hydrogen-bond donors (Lipinski definition) is 3. The van der Waals surface area contributed by atoms with Gasteiger partial charge >= 0.3 is 39.5 Å². The van der Waals surface area contributed by atoms with Gasteiger partial charge in [0.25, 0.3) is 0 Å². The third-order valence-electron chi connectivity index (χ3n) is 20.1. The van der Waals surface area contributed by atoms with Crippen LogP contribution in [0, 0.1) is 11.8 Å². The Morgan fingerprint density at radius 3 is 0.738 bits per heavy atom. The number of aliphatic hydroxyl groups is 1. The predicted molar refractivity (Wildman–Crippen MR) is 423 cm³/mol. The molecule has 0 saturated carbocycles. The minimum absolute atomic E-state index is 0.108. The van der Waals surface area contributed by atoms with E-state index in [-0.39, 0.29) is 25.7 Å². The number of unbranched alkanes of at least 4 members (excludes halogenated alkanes) is 52. The molecule has 3 unspecified atom stereocenters. The Morgan fingerprint density at radius 2 is 0.495 bits per heavy atom. The standard InChI is InChI=1S/C84H164O17P2/c1-7-10-12-14-16-18-20-22-24-25-26-27-30-35-39-43-51-57-63-69-84(89)100-79(72-94-81(86)66-60-54-48-41-37-34-31-28-29-32-36-40-46-52-58-64-76(4)5)74-98-102(90,91)96-70-78(85)71-97-103(92,93)99-75-80(73-95-82(87)67-61-55-49-45-44-47-53-59-65-77(6)9-3)101-83(88)68-62-56-50-42-38-33-23-21-19-17-15-13-11-8-2/h76-80,85H,7-75H2,1-6H3,(H,90,91)(H,92,93)/t77?,78-,79-,80-/m1/s1. The molecule has 0 saturated heterocycles. The van der Waals surface area contributed by atoms with E-state index in [1.807, 2.05) is 0 Å². The summed E-state index contributed by atoms with van der Waals surface area (Å²) in [6.07, 6.45) is 66.5. The topological polar surface area (TPSA) is 237 Å². The number of esters is 4. The quantitative estimate of drug-likeness (QED) is 0.0222. The SMILES string of the molecule is CCCCCCCCCCCCCCCCCCCCCC(=O)O[C@H](COC(=O)CCCCCCCCCCCCCCCCCC(C)C)COP(=O)(O)OC[C@@H](O)COP(=O)(O)OC[C@@H](COC(=O)CCCCCCCCCCC(C)CC)OC(=O)CCCCCCCCCCCCCCCC. The number of hydrogen-bond acceptors (Lipinski definition) is 15. The van der Waals surface area contributed by atoms with E-state index in [2.05, 4.69) is 41.5 Å². The molecule has 0 radical (unpaired) electrons. The Morgan fingerprint density at radius 1 is 0.282 bits per heavy atom. The Balaban J connectivity index is 5.26. The first-order valence-electron chi connectivity index (χ1n) is 43.5. The van der Waals surface area contributed by atoms with Crippen molar-refractivity contribution in [2.45, 2.75) is 464 Å². The van der Waals surface area contributed by atoms with E-state index in [0.29, 0.717) is 25.7 Å². The number of ether oxygens (including phenoxy) is 4. The van der Waals surface area contributed by atoms with Gasteiger partial charge in [-0.15, -0.1) is 0 Å². The van der Waals surface area contributed by atoms with E-state index in [9.17, 15) is 43.2 Å². The molecule has 0 aromatic heterocycles. The van der Waals surface area contributed by atoms with E-state index in [0.717, 1.165) is 102 Å². The molecule has 0 amide bonds. The van der Waals surface area contributed by atoms with Gasteiger partial charge in [0.15, 0.2) is 12.2 Å². The summed E-state index contributed by atoms with van der Waals surface area (Å²) in [6.45, 7) is 9.69. The summed E-state index contributed by atoms with van der Waals surface area (Å²) in [5, 5.41) is 10.7. The largest absolute Gasteiger partial charge is 0.472 e. The van der Waals surface area contributed by atoms with Crippen LogP contribution in [-0.4, -0.2) is 96.7 Å². The fourth-order valence-electron chi connectivity index (χ4n) is 13.0.